The molecule has 18 heavy (non-hydrogen) atoms. The van der Waals surface area contributed by atoms with Crippen molar-refractivity contribution in [2.75, 3.05) is 0 Å². The van der Waals surface area contributed by atoms with E-state index in [1.807, 2.05) is 67.6 Å². The second kappa shape index (κ2) is 4.57. The van der Waals surface area contributed by atoms with Gasteiger partial charge >= 0.3 is 0 Å². The van der Waals surface area contributed by atoms with Gasteiger partial charge in [0.2, 0.25) is 0 Å². The molecule has 2 heteroatoms. The summed E-state index contributed by atoms with van der Waals surface area (Å²) < 4.78 is 11.9. The Balaban J connectivity index is 2.02. The molecule has 1 unspecified atom stereocenters. The van der Waals surface area contributed by atoms with E-state index in [0.29, 0.717) is 0 Å². The van der Waals surface area contributed by atoms with Crippen LogP contribution in [0, 0.1) is 0 Å². The smallest absolute Gasteiger partial charge is 0.181 e. The molecule has 1 heterocycles. The Morgan fingerprint density at radius 1 is 0.889 bits per heavy atom. The van der Waals surface area contributed by atoms with E-state index < -0.39 is 0 Å². The number of hydrogen-bond donors (Lipinski definition) is 0. The third-order valence-corrected chi connectivity index (χ3v) is 2.97. The molecule has 0 aliphatic carbocycles. The first-order chi connectivity index (χ1) is 8.88. The molecule has 2 aromatic carbocycles. The van der Waals surface area contributed by atoms with Crippen molar-refractivity contribution in [1.29, 1.82) is 0 Å². The van der Waals surface area contributed by atoms with E-state index in [9.17, 15) is 0 Å². The van der Waals surface area contributed by atoms with E-state index in [0.717, 1.165) is 22.8 Å². The number of fused-ring (bicyclic) bond motifs is 1. The molecule has 0 saturated heterocycles. The summed E-state index contributed by atoms with van der Waals surface area (Å²) in [4.78, 5) is 0. The molecule has 0 amide bonds. The lowest BCUT2D eigenvalue weighted by molar-refractivity contribution is 0.148. The van der Waals surface area contributed by atoms with E-state index in [-0.39, 0.29) is 6.10 Å². The first kappa shape index (κ1) is 10.9. The van der Waals surface area contributed by atoms with Gasteiger partial charge in [-0.2, -0.15) is 0 Å². The molecular formula is C16H14O2. The number of allylic oxidation sites excluding steroid dienone is 1. The molecule has 0 radical (unpaired) electrons. The number of hydrogen-bond acceptors (Lipinski definition) is 2. The van der Waals surface area contributed by atoms with Crippen LogP contribution in [0.5, 0.6) is 11.5 Å². The maximum absolute atomic E-state index is 6.03. The average molecular weight is 238 g/mol. The van der Waals surface area contributed by atoms with Gasteiger partial charge in [-0.05, 0) is 25.1 Å². The van der Waals surface area contributed by atoms with Crippen LogP contribution in [-0.2, 0) is 0 Å². The zero-order valence-corrected chi connectivity index (χ0v) is 10.2. The van der Waals surface area contributed by atoms with Crippen LogP contribution in [0.25, 0.3) is 0 Å². The molecule has 1 aliphatic rings. The van der Waals surface area contributed by atoms with Gasteiger partial charge in [-0.15, -0.1) is 0 Å². The first-order valence-electron chi connectivity index (χ1n) is 6.03. The highest BCUT2D eigenvalue weighted by Gasteiger charge is 2.26. The summed E-state index contributed by atoms with van der Waals surface area (Å²) in [5, 5.41) is 0. The maximum Gasteiger partial charge on any atom is 0.181 e. The Labute approximate surface area is 106 Å². The van der Waals surface area contributed by atoms with Gasteiger partial charge in [-0.1, -0.05) is 42.5 Å². The predicted octanol–water partition coefficient (Wildman–Crippen LogP) is 4.10. The highest BCUT2D eigenvalue weighted by molar-refractivity contribution is 5.44. The molecule has 2 aromatic rings. The molecule has 0 aromatic heterocycles. The summed E-state index contributed by atoms with van der Waals surface area (Å²) in [6.45, 7) is 1.96. The minimum absolute atomic E-state index is 0.161. The van der Waals surface area contributed by atoms with Crippen LogP contribution in [0.4, 0.5) is 0 Å². The van der Waals surface area contributed by atoms with E-state index >= 15 is 0 Å². The minimum atomic E-state index is -0.161. The van der Waals surface area contributed by atoms with Crippen molar-refractivity contribution in [1.82, 2.24) is 0 Å². The lowest BCUT2D eigenvalue weighted by Gasteiger charge is -2.28. The van der Waals surface area contributed by atoms with Gasteiger partial charge in [0.15, 0.2) is 17.6 Å². The molecule has 0 spiro atoms. The van der Waals surface area contributed by atoms with Gasteiger partial charge in [-0.3, -0.25) is 0 Å². The van der Waals surface area contributed by atoms with Crippen LogP contribution < -0.4 is 9.47 Å². The summed E-state index contributed by atoms with van der Waals surface area (Å²) in [6, 6.07) is 17.8. The Morgan fingerprint density at radius 2 is 1.56 bits per heavy atom. The number of benzene rings is 2. The van der Waals surface area contributed by atoms with Gasteiger partial charge in [0.05, 0.1) is 0 Å². The van der Waals surface area contributed by atoms with Crippen LogP contribution in [0.3, 0.4) is 0 Å². The van der Waals surface area contributed by atoms with E-state index in [4.69, 9.17) is 9.47 Å². The van der Waals surface area contributed by atoms with Crippen LogP contribution in [0.1, 0.15) is 18.6 Å². The second-order valence-corrected chi connectivity index (χ2v) is 4.15. The molecule has 90 valence electrons. The zero-order chi connectivity index (χ0) is 12.4. The van der Waals surface area contributed by atoms with Crippen molar-refractivity contribution in [3.05, 3.63) is 72.0 Å². The molecular weight excluding hydrogens is 224 g/mol. The van der Waals surface area contributed by atoms with Crippen molar-refractivity contribution in [3.8, 4) is 11.5 Å². The first-order valence-corrected chi connectivity index (χ1v) is 6.03. The lowest BCUT2D eigenvalue weighted by atomic mass is 10.1. The van der Waals surface area contributed by atoms with Gasteiger partial charge in [0, 0.05) is 5.56 Å². The van der Waals surface area contributed by atoms with E-state index in [1.54, 1.807) is 0 Å². The summed E-state index contributed by atoms with van der Waals surface area (Å²) in [5.41, 5.74) is 1.10. The summed E-state index contributed by atoms with van der Waals surface area (Å²) in [7, 11) is 0. The third kappa shape index (κ3) is 1.86. The average Bonchev–Trinajstić information content (AvgIpc) is 2.46. The molecule has 2 nitrogen and oxygen atoms in total. The fourth-order valence-electron chi connectivity index (χ4n) is 2.07. The molecule has 3 rings (SSSR count). The van der Waals surface area contributed by atoms with Crippen LogP contribution in [0.2, 0.25) is 0 Å². The van der Waals surface area contributed by atoms with E-state index in [2.05, 4.69) is 0 Å². The zero-order valence-electron chi connectivity index (χ0n) is 10.2. The molecule has 0 N–H and O–H groups in total. The molecule has 1 atom stereocenters. The summed E-state index contributed by atoms with van der Waals surface area (Å²) in [5.74, 6) is 2.40. The Morgan fingerprint density at radius 3 is 2.28 bits per heavy atom. The van der Waals surface area contributed by atoms with Crippen molar-refractivity contribution in [3.63, 3.8) is 0 Å². The Bertz CT molecular complexity index is 573. The largest absolute Gasteiger partial charge is 0.474 e. The number of rotatable bonds is 1. The van der Waals surface area contributed by atoms with Gasteiger partial charge in [0.1, 0.15) is 5.76 Å². The molecule has 0 fully saturated rings. The number of para-hydroxylation sites is 2. The van der Waals surface area contributed by atoms with Gasteiger partial charge < -0.3 is 9.47 Å². The normalized spacial score (nSPS) is 19.8. The standard InChI is InChI=1S/C16H14O2/c1-2-13-16(12-8-4-3-5-9-12)18-15-11-7-6-10-14(15)17-13/h2-11,16H,1H3/b13-2-. The second-order valence-electron chi connectivity index (χ2n) is 4.15. The maximum atomic E-state index is 6.03. The highest BCUT2D eigenvalue weighted by Crippen LogP contribution is 2.40. The Hall–Kier alpha value is -2.22. The summed E-state index contributed by atoms with van der Waals surface area (Å²) >= 11 is 0. The van der Waals surface area contributed by atoms with Crippen LogP contribution in [0.15, 0.2) is 66.4 Å². The monoisotopic (exact) mass is 238 g/mol. The minimum Gasteiger partial charge on any atom is -0.474 e. The highest BCUT2D eigenvalue weighted by atomic mass is 16.6. The van der Waals surface area contributed by atoms with E-state index in [1.165, 1.54) is 0 Å². The third-order valence-electron chi connectivity index (χ3n) is 2.97. The fourth-order valence-corrected chi connectivity index (χ4v) is 2.07. The molecule has 0 bridgehead atoms. The topological polar surface area (TPSA) is 18.5 Å². The van der Waals surface area contributed by atoms with Crippen molar-refractivity contribution in [2.24, 2.45) is 0 Å². The van der Waals surface area contributed by atoms with Crippen molar-refractivity contribution < 1.29 is 9.47 Å². The van der Waals surface area contributed by atoms with Gasteiger partial charge in [-0.25, -0.2) is 0 Å². The van der Waals surface area contributed by atoms with Crippen molar-refractivity contribution >= 4 is 0 Å². The van der Waals surface area contributed by atoms with Crippen molar-refractivity contribution in [2.45, 2.75) is 13.0 Å². The fraction of sp³-hybridized carbons (Fsp3) is 0.125. The van der Waals surface area contributed by atoms with Crippen LogP contribution >= 0.6 is 0 Å². The summed E-state index contributed by atoms with van der Waals surface area (Å²) in [6.07, 6.45) is 1.79. The quantitative estimate of drug-likeness (QED) is 0.744. The lowest BCUT2D eigenvalue weighted by Crippen LogP contribution is -2.19. The SMILES string of the molecule is C/C=C1\Oc2ccccc2OC1c1ccccc1. The predicted molar refractivity (Wildman–Crippen MR) is 70.6 cm³/mol. The number of ether oxygens (including phenoxy) is 2. The van der Waals surface area contributed by atoms with Crippen LogP contribution in [-0.4, -0.2) is 0 Å². The molecule has 0 saturated carbocycles. The van der Waals surface area contributed by atoms with Gasteiger partial charge in [0.25, 0.3) is 0 Å². The Kier molecular flexibility index (Phi) is 2.77. The molecule has 1 aliphatic heterocycles.